The number of nitrogens with zero attached hydrogens (tertiary/aromatic N) is 2. The normalized spacial score (nSPS) is 9.83. The summed E-state index contributed by atoms with van der Waals surface area (Å²) in [5.74, 6) is -0.485. The fourth-order valence-electron chi connectivity index (χ4n) is 0.703. The van der Waals surface area contributed by atoms with E-state index >= 15 is 0 Å². The van der Waals surface area contributed by atoms with Gasteiger partial charge in [-0.3, -0.25) is 4.79 Å². The minimum Gasteiger partial charge on any atom is -0.369 e. The molecule has 1 rings (SSSR count). The summed E-state index contributed by atoms with van der Waals surface area (Å²) < 4.78 is 0. The van der Waals surface area contributed by atoms with Crippen LogP contribution in [0.1, 0.15) is 5.69 Å². The van der Waals surface area contributed by atoms with Crippen LogP contribution in [0.4, 0.5) is 0 Å². The molecule has 1 amide bonds. The fourth-order valence-corrected chi connectivity index (χ4v) is 1.15. The van der Waals surface area contributed by atoms with Crippen LogP contribution in [0.2, 0.25) is 10.4 Å². The quantitative estimate of drug-likeness (QED) is 0.575. The van der Waals surface area contributed by atoms with Crippen molar-refractivity contribution in [3.8, 4) is 0 Å². The van der Waals surface area contributed by atoms with Gasteiger partial charge in [0.1, 0.15) is 5.15 Å². The van der Waals surface area contributed by atoms with E-state index in [4.69, 9.17) is 28.9 Å². The molecule has 6 heteroatoms. The number of hydrogen-bond acceptors (Lipinski definition) is 3. The zero-order valence-corrected chi connectivity index (χ0v) is 7.43. The summed E-state index contributed by atoms with van der Waals surface area (Å²) in [4.78, 5) is 17.8. The predicted molar refractivity (Wildman–Crippen MR) is 45.0 cm³/mol. The summed E-state index contributed by atoms with van der Waals surface area (Å²) in [6.07, 6.45) is 0.0158. The van der Waals surface area contributed by atoms with Crippen LogP contribution in [0.3, 0.4) is 0 Å². The molecular formula is C6H5Cl2N3O. The highest BCUT2D eigenvalue weighted by Crippen LogP contribution is 2.10. The molecule has 1 aromatic heterocycles. The van der Waals surface area contributed by atoms with Crippen molar-refractivity contribution in [1.29, 1.82) is 0 Å². The number of carbonyl (C=O) groups excluding carboxylic acids is 1. The lowest BCUT2D eigenvalue weighted by Gasteiger charge is -1.97. The molecule has 0 saturated heterocycles. The Morgan fingerprint density at radius 3 is 2.67 bits per heavy atom. The topological polar surface area (TPSA) is 68.9 Å². The second kappa shape index (κ2) is 3.69. The molecule has 0 bridgehead atoms. The molecule has 0 spiro atoms. The summed E-state index contributed by atoms with van der Waals surface area (Å²) in [7, 11) is 0. The van der Waals surface area contributed by atoms with Gasteiger partial charge in [0, 0.05) is 0 Å². The van der Waals surface area contributed by atoms with E-state index in [1.54, 1.807) is 0 Å². The van der Waals surface area contributed by atoms with Crippen LogP contribution in [0.25, 0.3) is 0 Å². The lowest BCUT2D eigenvalue weighted by atomic mass is 10.3. The highest BCUT2D eigenvalue weighted by Gasteiger charge is 2.03. The van der Waals surface area contributed by atoms with Crippen molar-refractivity contribution in [2.75, 3.05) is 0 Å². The van der Waals surface area contributed by atoms with Gasteiger partial charge in [-0.15, -0.1) is 0 Å². The largest absolute Gasteiger partial charge is 0.369 e. The van der Waals surface area contributed by atoms with Gasteiger partial charge in [-0.25, -0.2) is 9.97 Å². The maximum Gasteiger partial charge on any atom is 0.224 e. The standard InChI is InChI=1S/C6H5Cl2N3O/c7-4-1-3(2-5(9)12)10-6(8)11-4/h1H,2H2,(H2,9,12). The maximum absolute atomic E-state index is 10.5. The van der Waals surface area contributed by atoms with Crippen molar-refractivity contribution in [2.24, 2.45) is 5.73 Å². The number of nitrogens with two attached hydrogens (primary N) is 1. The molecular weight excluding hydrogens is 201 g/mol. The van der Waals surface area contributed by atoms with Gasteiger partial charge in [0.05, 0.1) is 12.1 Å². The number of aromatic nitrogens is 2. The summed E-state index contributed by atoms with van der Waals surface area (Å²) in [6.45, 7) is 0. The van der Waals surface area contributed by atoms with Gasteiger partial charge >= 0.3 is 0 Å². The van der Waals surface area contributed by atoms with Gasteiger partial charge in [0.15, 0.2) is 0 Å². The van der Waals surface area contributed by atoms with Gasteiger partial charge in [0.2, 0.25) is 11.2 Å². The molecule has 0 atom stereocenters. The molecule has 0 unspecified atom stereocenters. The van der Waals surface area contributed by atoms with E-state index < -0.39 is 5.91 Å². The molecule has 64 valence electrons. The summed E-state index contributed by atoms with van der Waals surface area (Å²) in [5.41, 5.74) is 5.36. The van der Waals surface area contributed by atoms with Crippen LogP contribution < -0.4 is 5.73 Å². The monoisotopic (exact) mass is 205 g/mol. The van der Waals surface area contributed by atoms with Gasteiger partial charge < -0.3 is 5.73 Å². The first-order valence-electron chi connectivity index (χ1n) is 3.05. The van der Waals surface area contributed by atoms with Gasteiger partial charge in [-0.2, -0.15) is 0 Å². The fraction of sp³-hybridized carbons (Fsp3) is 0.167. The molecule has 0 saturated carbocycles. The third-order valence-electron chi connectivity index (χ3n) is 1.08. The number of primary amides is 1. The molecule has 4 nitrogen and oxygen atoms in total. The Morgan fingerprint density at radius 2 is 2.17 bits per heavy atom. The minimum absolute atomic E-state index is 0.0127. The Balaban J connectivity index is 2.93. The minimum atomic E-state index is -0.485. The van der Waals surface area contributed by atoms with E-state index in [-0.39, 0.29) is 16.9 Å². The number of rotatable bonds is 2. The van der Waals surface area contributed by atoms with E-state index in [9.17, 15) is 4.79 Å². The molecule has 0 aromatic carbocycles. The van der Waals surface area contributed by atoms with E-state index in [0.717, 1.165) is 0 Å². The third kappa shape index (κ3) is 2.64. The highest BCUT2D eigenvalue weighted by molar-refractivity contribution is 6.31. The third-order valence-corrected chi connectivity index (χ3v) is 1.44. The van der Waals surface area contributed by atoms with Gasteiger partial charge in [0.25, 0.3) is 0 Å². The predicted octanol–water partition coefficient (Wildman–Crippen LogP) is 0.811. The van der Waals surface area contributed by atoms with Crippen molar-refractivity contribution >= 4 is 29.1 Å². The summed E-state index contributed by atoms with van der Waals surface area (Å²) in [6, 6.07) is 1.44. The molecule has 2 N–H and O–H groups in total. The Kier molecular flexibility index (Phi) is 2.83. The Labute approximate surface area is 78.7 Å². The SMILES string of the molecule is NC(=O)Cc1cc(Cl)nc(Cl)n1. The maximum atomic E-state index is 10.5. The van der Waals surface area contributed by atoms with Gasteiger partial charge in [-0.1, -0.05) is 11.6 Å². The van der Waals surface area contributed by atoms with Crippen LogP contribution in [0.15, 0.2) is 6.07 Å². The van der Waals surface area contributed by atoms with Crippen LogP contribution in [0, 0.1) is 0 Å². The molecule has 1 heterocycles. The smallest absolute Gasteiger partial charge is 0.224 e. The molecule has 0 fully saturated rings. The van der Waals surface area contributed by atoms with Crippen molar-refractivity contribution in [3.63, 3.8) is 0 Å². The molecule has 1 aromatic rings. The first-order valence-corrected chi connectivity index (χ1v) is 3.81. The first-order chi connectivity index (χ1) is 5.58. The number of amides is 1. The van der Waals surface area contributed by atoms with Gasteiger partial charge in [-0.05, 0) is 17.7 Å². The molecule has 12 heavy (non-hydrogen) atoms. The number of hydrogen-bond donors (Lipinski definition) is 1. The molecule has 0 aliphatic rings. The molecule has 0 radical (unpaired) electrons. The zero-order chi connectivity index (χ0) is 9.14. The van der Waals surface area contributed by atoms with E-state index in [2.05, 4.69) is 9.97 Å². The van der Waals surface area contributed by atoms with Crippen molar-refractivity contribution in [3.05, 3.63) is 22.2 Å². The Bertz CT molecular complexity index is 295. The summed E-state index contributed by atoms with van der Waals surface area (Å²) >= 11 is 11.0. The zero-order valence-electron chi connectivity index (χ0n) is 5.92. The van der Waals surface area contributed by atoms with Crippen molar-refractivity contribution in [2.45, 2.75) is 6.42 Å². The molecule has 0 aliphatic carbocycles. The van der Waals surface area contributed by atoms with E-state index in [1.165, 1.54) is 6.07 Å². The summed E-state index contributed by atoms with van der Waals surface area (Å²) in [5, 5.41) is 0.213. The van der Waals surface area contributed by atoms with Crippen LogP contribution in [0.5, 0.6) is 0 Å². The van der Waals surface area contributed by atoms with E-state index in [0.29, 0.717) is 5.69 Å². The van der Waals surface area contributed by atoms with Crippen molar-refractivity contribution < 1.29 is 4.79 Å². The molecule has 0 aliphatic heterocycles. The number of carbonyl (C=O) groups is 1. The van der Waals surface area contributed by atoms with E-state index in [1.807, 2.05) is 0 Å². The second-order valence-electron chi connectivity index (χ2n) is 2.09. The van der Waals surface area contributed by atoms with Crippen molar-refractivity contribution in [1.82, 2.24) is 9.97 Å². The first kappa shape index (κ1) is 9.22. The Morgan fingerprint density at radius 1 is 1.50 bits per heavy atom. The lowest BCUT2D eigenvalue weighted by molar-refractivity contribution is -0.117. The second-order valence-corrected chi connectivity index (χ2v) is 2.82. The lowest BCUT2D eigenvalue weighted by Crippen LogP contribution is -2.14. The number of halogens is 2. The van der Waals surface area contributed by atoms with Crippen LogP contribution in [-0.4, -0.2) is 15.9 Å². The highest BCUT2D eigenvalue weighted by atomic mass is 35.5. The Hall–Kier alpha value is -0.870. The van der Waals surface area contributed by atoms with Crippen LogP contribution >= 0.6 is 23.2 Å². The average molecular weight is 206 g/mol. The average Bonchev–Trinajstić information content (AvgIpc) is 1.81. The van der Waals surface area contributed by atoms with Crippen LogP contribution in [-0.2, 0) is 11.2 Å².